The molecule has 0 aromatic rings. The van der Waals surface area contributed by atoms with Crippen LogP contribution < -0.4 is 0 Å². The lowest BCUT2D eigenvalue weighted by Crippen LogP contribution is -2.55. The average Bonchev–Trinajstić information content (AvgIpc) is 2.85. The smallest absolute Gasteiger partial charge is 0.0201 e. The third kappa shape index (κ3) is 3.15. The minimum atomic E-state index is 0.236. The van der Waals surface area contributed by atoms with Crippen molar-refractivity contribution >= 4 is 0 Å². The van der Waals surface area contributed by atoms with Crippen molar-refractivity contribution < 1.29 is 0 Å². The van der Waals surface area contributed by atoms with Crippen LogP contribution in [0.4, 0.5) is 0 Å². The van der Waals surface area contributed by atoms with Gasteiger partial charge >= 0.3 is 0 Å². The maximum atomic E-state index is 4.18. The molecule has 0 aromatic carbocycles. The van der Waals surface area contributed by atoms with Gasteiger partial charge in [0.25, 0.3) is 0 Å². The molecule has 142 valence electrons. The zero-order chi connectivity index (χ0) is 18.6. The van der Waals surface area contributed by atoms with E-state index in [9.17, 15) is 0 Å². The maximum Gasteiger partial charge on any atom is 0.0201 e. The quantitative estimate of drug-likeness (QED) is 0.519. The van der Waals surface area contributed by atoms with E-state index in [2.05, 4.69) is 66.0 Å². The van der Waals surface area contributed by atoms with Crippen LogP contribution >= 0.6 is 0 Å². The molecule has 2 bridgehead atoms. The summed E-state index contributed by atoms with van der Waals surface area (Å²) in [5.74, 6) is 1.63. The molecule has 1 heteroatoms. The van der Waals surface area contributed by atoms with Crippen molar-refractivity contribution in [1.29, 1.82) is 0 Å². The van der Waals surface area contributed by atoms with E-state index in [-0.39, 0.29) is 5.54 Å². The Balaban J connectivity index is 1.80. The fourth-order valence-corrected chi connectivity index (χ4v) is 6.15. The van der Waals surface area contributed by atoms with E-state index in [1.54, 1.807) is 5.57 Å². The number of allylic oxidation sites excluding steroid dienone is 2. The molecule has 4 atom stereocenters. The van der Waals surface area contributed by atoms with Crippen molar-refractivity contribution in [2.75, 3.05) is 6.54 Å². The summed E-state index contributed by atoms with van der Waals surface area (Å²) >= 11 is 0. The van der Waals surface area contributed by atoms with E-state index >= 15 is 0 Å². The summed E-state index contributed by atoms with van der Waals surface area (Å²) < 4.78 is 0. The highest BCUT2D eigenvalue weighted by molar-refractivity contribution is 5.18. The maximum absolute atomic E-state index is 4.18. The van der Waals surface area contributed by atoms with Crippen LogP contribution in [0.1, 0.15) is 87.0 Å². The highest BCUT2D eigenvalue weighted by Crippen LogP contribution is 2.67. The molecule has 0 spiro atoms. The summed E-state index contributed by atoms with van der Waals surface area (Å²) in [7, 11) is 0. The molecule has 0 amide bonds. The lowest BCUT2D eigenvalue weighted by atomic mass is 9.68. The van der Waals surface area contributed by atoms with Crippen molar-refractivity contribution in [2.45, 2.75) is 98.6 Å². The SMILES string of the molecule is C=C(C)C1CC=C(CN(C2CC3CCC2(C)C3(C)C)C(C)(C)C)CC1. The first kappa shape index (κ1) is 19.2. The third-order valence-electron chi connectivity index (χ3n) is 8.56. The molecular formula is C24H41N. The predicted molar refractivity (Wildman–Crippen MR) is 110 cm³/mol. The molecule has 1 nitrogen and oxygen atoms in total. The monoisotopic (exact) mass is 343 g/mol. The average molecular weight is 344 g/mol. The largest absolute Gasteiger partial charge is 0.291 e. The highest BCUT2D eigenvalue weighted by Gasteiger charge is 2.63. The normalized spacial score (nSPS) is 37.4. The van der Waals surface area contributed by atoms with Crippen LogP contribution in [0.15, 0.2) is 23.8 Å². The molecule has 0 aliphatic heterocycles. The second-order valence-corrected chi connectivity index (χ2v) is 11.1. The Bertz CT molecular complexity index is 561. The minimum absolute atomic E-state index is 0.236. The number of hydrogen-bond donors (Lipinski definition) is 0. The molecule has 2 saturated carbocycles. The fourth-order valence-electron chi connectivity index (χ4n) is 6.15. The van der Waals surface area contributed by atoms with Crippen molar-refractivity contribution in [3.8, 4) is 0 Å². The Morgan fingerprint density at radius 3 is 2.32 bits per heavy atom. The van der Waals surface area contributed by atoms with E-state index in [0.717, 1.165) is 12.0 Å². The van der Waals surface area contributed by atoms with Crippen molar-refractivity contribution in [3.63, 3.8) is 0 Å². The lowest BCUT2D eigenvalue weighted by molar-refractivity contribution is -0.00292. The van der Waals surface area contributed by atoms with Crippen molar-refractivity contribution in [1.82, 2.24) is 4.90 Å². The molecule has 0 saturated heterocycles. The van der Waals surface area contributed by atoms with Gasteiger partial charge < -0.3 is 0 Å². The Morgan fingerprint density at radius 1 is 1.24 bits per heavy atom. The van der Waals surface area contributed by atoms with Crippen LogP contribution in [0.3, 0.4) is 0 Å². The zero-order valence-corrected chi connectivity index (χ0v) is 17.9. The van der Waals surface area contributed by atoms with Crippen LogP contribution in [0.25, 0.3) is 0 Å². The van der Waals surface area contributed by atoms with Gasteiger partial charge in [0.1, 0.15) is 0 Å². The van der Waals surface area contributed by atoms with E-state index in [0.29, 0.717) is 16.7 Å². The molecular weight excluding hydrogens is 302 g/mol. The van der Waals surface area contributed by atoms with Gasteiger partial charge in [0, 0.05) is 18.1 Å². The second kappa shape index (κ2) is 6.25. The summed E-state index contributed by atoms with van der Waals surface area (Å²) in [6, 6.07) is 0.737. The van der Waals surface area contributed by atoms with Gasteiger partial charge in [-0.25, -0.2) is 0 Å². The van der Waals surface area contributed by atoms with Crippen LogP contribution in [-0.2, 0) is 0 Å². The predicted octanol–water partition coefficient (Wildman–Crippen LogP) is 6.60. The van der Waals surface area contributed by atoms with E-state index < -0.39 is 0 Å². The molecule has 3 rings (SSSR count). The van der Waals surface area contributed by atoms with Gasteiger partial charge in [-0.05, 0) is 88.9 Å². The number of rotatable bonds is 4. The summed E-state index contributed by atoms with van der Waals surface area (Å²) in [6.07, 6.45) is 10.6. The van der Waals surface area contributed by atoms with Crippen molar-refractivity contribution in [3.05, 3.63) is 23.8 Å². The first-order chi connectivity index (χ1) is 11.5. The van der Waals surface area contributed by atoms with Gasteiger partial charge in [0.15, 0.2) is 0 Å². The topological polar surface area (TPSA) is 3.24 Å². The van der Waals surface area contributed by atoms with Gasteiger partial charge in [-0.2, -0.15) is 0 Å². The zero-order valence-electron chi connectivity index (χ0n) is 17.9. The first-order valence-electron chi connectivity index (χ1n) is 10.6. The Hall–Kier alpha value is -0.560. The molecule has 3 aliphatic carbocycles. The number of nitrogens with zero attached hydrogens (tertiary/aromatic N) is 1. The fraction of sp³-hybridized carbons (Fsp3) is 0.833. The summed E-state index contributed by atoms with van der Waals surface area (Å²) in [6.45, 7) is 22.5. The molecule has 0 radical (unpaired) electrons. The van der Waals surface area contributed by atoms with E-state index in [4.69, 9.17) is 0 Å². The highest BCUT2D eigenvalue weighted by atomic mass is 15.2. The molecule has 0 heterocycles. The van der Waals surface area contributed by atoms with Gasteiger partial charge in [0.2, 0.25) is 0 Å². The van der Waals surface area contributed by atoms with Crippen LogP contribution in [0.2, 0.25) is 0 Å². The Kier molecular flexibility index (Phi) is 4.81. The van der Waals surface area contributed by atoms with Gasteiger partial charge in [0.05, 0.1) is 0 Å². The Labute approximate surface area is 156 Å². The molecule has 3 aliphatic rings. The molecule has 0 aromatic heterocycles. The minimum Gasteiger partial charge on any atom is -0.291 e. The summed E-state index contributed by atoms with van der Waals surface area (Å²) in [5.41, 5.74) is 4.25. The molecule has 0 N–H and O–H groups in total. The molecule has 25 heavy (non-hydrogen) atoms. The Morgan fingerprint density at radius 2 is 1.92 bits per heavy atom. The lowest BCUT2D eigenvalue weighted by Gasteiger charge is -2.50. The van der Waals surface area contributed by atoms with Crippen LogP contribution in [0, 0.1) is 22.7 Å². The molecule has 4 unspecified atom stereocenters. The standard InChI is InChI=1S/C24H41N/c1-17(2)19-11-9-18(10-12-19)16-25(22(3,4)5)21-15-20-13-14-24(21,8)23(20,6)7/h9,19-21H,1,10-16H2,2-8H3. The van der Waals surface area contributed by atoms with Crippen molar-refractivity contribution in [2.24, 2.45) is 22.7 Å². The van der Waals surface area contributed by atoms with Gasteiger partial charge in [-0.1, -0.05) is 44.6 Å². The number of hydrogen-bond acceptors (Lipinski definition) is 1. The summed E-state index contributed by atoms with van der Waals surface area (Å²) in [4.78, 5) is 2.88. The van der Waals surface area contributed by atoms with E-state index in [1.165, 1.54) is 50.6 Å². The first-order valence-corrected chi connectivity index (χ1v) is 10.6. The summed E-state index contributed by atoms with van der Waals surface area (Å²) in [5, 5.41) is 0. The second-order valence-electron chi connectivity index (χ2n) is 11.1. The number of fused-ring (bicyclic) bond motifs is 2. The third-order valence-corrected chi connectivity index (χ3v) is 8.56. The van der Waals surface area contributed by atoms with Gasteiger partial charge in [-0.15, -0.1) is 0 Å². The van der Waals surface area contributed by atoms with E-state index in [1.807, 2.05) is 0 Å². The van der Waals surface area contributed by atoms with Crippen LogP contribution in [0.5, 0.6) is 0 Å². The van der Waals surface area contributed by atoms with Crippen LogP contribution in [-0.4, -0.2) is 23.0 Å². The van der Waals surface area contributed by atoms with Gasteiger partial charge in [-0.3, -0.25) is 4.90 Å². The molecule has 2 fully saturated rings.